The first kappa shape index (κ1) is 12.4. The fourth-order valence-electron chi connectivity index (χ4n) is 1.34. The number of hydrogen-bond acceptors (Lipinski definition) is 4. The molecular formula is C12H13ClN2OS. The van der Waals surface area contributed by atoms with Gasteiger partial charge in [0.15, 0.2) is 0 Å². The van der Waals surface area contributed by atoms with Crippen molar-refractivity contribution in [2.75, 3.05) is 6.61 Å². The van der Waals surface area contributed by atoms with Crippen LogP contribution in [0, 0.1) is 0 Å². The van der Waals surface area contributed by atoms with E-state index in [4.69, 9.17) is 22.1 Å². The van der Waals surface area contributed by atoms with Gasteiger partial charge in [0.2, 0.25) is 0 Å². The third kappa shape index (κ3) is 3.70. The summed E-state index contributed by atoms with van der Waals surface area (Å²) in [6.07, 6.45) is 0.799. The summed E-state index contributed by atoms with van der Waals surface area (Å²) in [5.41, 5.74) is 6.44. The summed E-state index contributed by atoms with van der Waals surface area (Å²) in [5, 5.41) is 3.75. The molecule has 2 rings (SSSR count). The summed E-state index contributed by atoms with van der Waals surface area (Å²) >= 11 is 7.40. The first-order valence-electron chi connectivity index (χ1n) is 5.29. The molecule has 0 bridgehead atoms. The van der Waals surface area contributed by atoms with Crippen LogP contribution in [0.4, 0.5) is 0 Å². The van der Waals surface area contributed by atoms with E-state index in [-0.39, 0.29) is 0 Å². The van der Waals surface area contributed by atoms with Crippen molar-refractivity contribution in [3.63, 3.8) is 0 Å². The fraction of sp³-hybridized carbons (Fsp3) is 0.250. The minimum atomic E-state index is 0.495. The van der Waals surface area contributed by atoms with Gasteiger partial charge in [-0.15, -0.1) is 11.3 Å². The zero-order valence-electron chi connectivity index (χ0n) is 9.23. The summed E-state index contributed by atoms with van der Waals surface area (Å²) in [6.45, 7) is 1.10. The highest BCUT2D eigenvalue weighted by Gasteiger charge is 2.01. The van der Waals surface area contributed by atoms with Crippen LogP contribution in [0.15, 0.2) is 29.6 Å². The van der Waals surface area contributed by atoms with Crippen LogP contribution in [0.5, 0.6) is 5.75 Å². The minimum absolute atomic E-state index is 0.495. The number of rotatable bonds is 5. The topological polar surface area (TPSA) is 48.1 Å². The number of thiazole rings is 1. The summed E-state index contributed by atoms with van der Waals surface area (Å²) in [7, 11) is 0. The van der Waals surface area contributed by atoms with Gasteiger partial charge >= 0.3 is 0 Å². The largest absolute Gasteiger partial charge is 0.493 e. The van der Waals surface area contributed by atoms with Crippen LogP contribution in [0.2, 0.25) is 5.02 Å². The van der Waals surface area contributed by atoms with Crippen LogP contribution in [0.25, 0.3) is 0 Å². The van der Waals surface area contributed by atoms with Gasteiger partial charge in [-0.3, -0.25) is 0 Å². The van der Waals surface area contributed by atoms with Crippen molar-refractivity contribution in [2.45, 2.75) is 13.0 Å². The number of nitrogens with zero attached hydrogens (tertiary/aromatic N) is 1. The lowest BCUT2D eigenvalue weighted by Gasteiger charge is -2.04. The summed E-state index contributed by atoms with van der Waals surface area (Å²) in [6, 6.07) is 7.34. The number of nitrogens with two attached hydrogens (primary N) is 1. The molecule has 0 saturated carbocycles. The number of ether oxygens (including phenoxy) is 1. The fourth-order valence-corrected chi connectivity index (χ4v) is 2.26. The SMILES string of the molecule is NCc1csc(CCOc2ccc(Cl)cc2)n1. The van der Waals surface area contributed by atoms with Gasteiger partial charge in [-0.05, 0) is 24.3 Å². The van der Waals surface area contributed by atoms with Gasteiger partial charge in [0.1, 0.15) is 5.75 Å². The van der Waals surface area contributed by atoms with Crippen molar-refractivity contribution in [1.82, 2.24) is 4.98 Å². The second kappa shape index (κ2) is 6.00. The van der Waals surface area contributed by atoms with Crippen LogP contribution in [0.3, 0.4) is 0 Å². The minimum Gasteiger partial charge on any atom is -0.493 e. The Hall–Kier alpha value is -1.10. The number of halogens is 1. The predicted molar refractivity (Wildman–Crippen MR) is 70.7 cm³/mol. The smallest absolute Gasteiger partial charge is 0.119 e. The molecule has 1 aromatic carbocycles. The van der Waals surface area contributed by atoms with Crippen LogP contribution in [-0.4, -0.2) is 11.6 Å². The summed E-state index contributed by atoms with van der Waals surface area (Å²) < 4.78 is 5.58. The third-order valence-corrected chi connectivity index (χ3v) is 3.42. The number of aromatic nitrogens is 1. The summed E-state index contributed by atoms with van der Waals surface area (Å²) in [4.78, 5) is 4.37. The Morgan fingerprint density at radius 2 is 2.06 bits per heavy atom. The molecule has 0 unspecified atom stereocenters. The molecule has 90 valence electrons. The Morgan fingerprint density at radius 3 is 2.71 bits per heavy atom. The van der Waals surface area contributed by atoms with E-state index in [2.05, 4.69) is 4.98 Å². The highest BCUT2D eigenvalue weighted by Crippen LogP contribution is 2.16. The predicted octanol–water partition coefficient (Wildman–Crippen LogP) is 2.88. The van der Waals surface area contributed by atoms with E-state index in [1.807, 2.05) is 29.6 Å². The Morgan fingerprint density at radius 1 is 1.29 bits per heavy atom. The lowest BCUT2D eigenvalue weighted by molar-refractivity contribution is 0.321. The van der Waals surface area contributed by atoms with Crippen molar-refractivity contribution in [3.8, 4) is 5.75 Å². The molecule has 0 spiro atoms. The van der Waals surface area contributed by atoms with Crippen molar-refractivity contribution in [1.29, 1.82) is 0 Å². The second-order valence-corrected chi connectivity index (χ2v) is 4.87. The van der Waals surface area contributed by atoms with E-state index >= 15 is 0 Å². The van der Waals surface area contributed by atoms with Crippen molar-refractivity contribution >= 4 is 22.9 Å². The van der Waals surface area contributed by atoms with Crippen molar-refractivity contribution in [2.24, 2.45) is 5.73 Å². The van der Waals surface area contributed by atoms with E-state index < -0.39 is 0 Å². The number of hydrogen-bond donors (Lipinski definition) is 1. The van der Waals surface area contributed by atoms with E-state index in [1.165, 1.54) is 0 Å². The molecule has 5 heteroatoms. The highest BCUT2D eigenvalue weighted by molar-refractivity contribution is 7.09. The molecule has 2 aromatic rings. The van der Waals surface area contributed by atoms with Gasteiger partial charge in [0.25, 0.3) is 0 Å². The van der Waals surface area contributed by atoms with Gasteiger partial charge in [-0.1, -0.05) is 11.6 Å². The normalized spacial score (nSPS) is 10.5. The van der Waals surface area contributed by atoms with Gasteiger partial charge in [0, 0.05) is 23.4 Å². The zero-order chi connectivity index (χ0) is 12.1. The zero-order valence-corrected chi connectivity index (χ0v) is 10.8. The average Bonchev–Trinajstić information content (AvgIpc) is 2.80. The standard InChI is InChI=1S/C12H13ClN2OS/c13-9-1-3-11(4-2-9)16-6-5-12-15-10(7-14)8-17-12/h1-4,8H,5-7,14H2. The van der Waals surface area contributed by atoms with E-state index in [0.29, 0.717) is 18.2 Å². The molecule has 0 fully saturated rings. The van der Waals surface area contributed by atoms with E-state index in [9.17, 15) is 0 Å². The molecule has 1 heterocycles. The Labute approximate surface area is 109 Å². The molecule has 2 N–H and O–H groups in total. The molecule has 0 aliphatic rings. The van der Waals surface area contributed by atoms with Gasteiger partial charge in [-0.25, -0.2) is 4.98 Å². The van der Waals surface area contributed by atoms with Crippen LogP contribution in [0.1, 0.15) is 10.7 Å². The van der Waals surface area contributed by atoms with Crippen LogP contribution in [-0.2, 0) is 13.0 Å². The molecule has 0 amide bonds. The third-order valence-electron chi connectivity index (χ3n) is 2.21. The molecule has 0 atom stereocenters. The van der Waals surface area contributed by atoms with Crippen LogP contribution >= 0.6 is 22.9 Å². The molecular weight excluding hydrogens is 256 g/mol. The molecule has 0 saturated heterocycles. The Bertz CT molecular complexity index is 470. The monoisotopic (exact) mass is 268 g/mol. The quantitative estimate of drug-likeness (QED) is 0.907. The van der Waals surface area contributed by atoms with Gasteiger partial charge in [0.05, 0.1) is 17.3 Å². The van der Waals surface area contributed by atoms with Crippen molar-refractivity contribution < 1.29 is 4.74 Å². The first-order chi connectivity index (χ1) is 8.28. The Balaban J connectivity index is 1.81. The number of benzene rings is 1. The lowest BCUT2D eigenvalue weighted by Crippen LogP contribution is -2.02. The maximum atomic E-state index is 5.78. The van der Waals surface area contributed by atoms with Gasteiger partial charge < -0.3 is 10.5 Å². The molecule has 17 heavy (non-hydrogen) atoms. The first-order valence-corrected chi connectivity index (χ1v) is 6.55. The second-order valence-electron chi connectivity index (χ2n) is 3.49. The molecule has 3 nitrogen and oxygen atoms in total. The summed E-state index contributed by atoms with van der Waals surface area (Å²) in [5.74, 6) is 0.824. The maximum absolute atomic E-state index is 5.78. The van der Waals surface area contributed by atoms with Crippen LogP contribution < -0.4 is 10.5 Å². The van der Waals surface area contributed by atoms with E-state index in [1.54, 1.807) is 11.3 Å². The molecule has 0 aliphatic carbocycles. The Kier molecular flexibility index (Phi) is 4.36. The molecule has 0 radical (unpaired) electrons. The highest BCUT2D eigenvalue weighted by atomic mass is 35.5. The van der Waals surface area contributed by atoms with Gasteiger partial charge in [-0.2, -0.15) is 0 Å². The molecule has 1 aromatic heterocycles. The maximum Gasteiger partial charge on any atom is 0.119 e. The van der Waals surface area contributed by atoms with Crippen molar-refractivity contribution in [3.05, 3.63) is 45.4 Å². The van der Waals surface area contributed by atoms with E-state index in [0.717, 1.165) is 22.9 Å². The lowest BCUT2D eigenvalue weighted by atomic mass is 10.3. The average molecular weight is 269 g/mol. The molecule has 0 aliphatic heterocycles.